The predicted octanol–water partition coefficient (Wildman–Crippen LogP) is 1.96. The number of nitrogens with two attached hydrogens (primary N) is 1. The Morgan fingerprint density at radius 1 is 1.35 bits per heavy atom. The quantitative estimate of drug-likeness (QED) is 0.788. The first-order valence-electron chi connectivity index (χ1n) is 7.47. The van der Waals surface area contributed by atoms with Crippen LogP contribution in [0.25, 0.3) is 0 Å². The minimum atomic E-state index is 0. The summed E-state index contributed by atoms with van der Waals surface area (Å²) in [5.41, 5.74) is 6.28. The van der Waals surface area contributed by atoms with Crippen LogP contribution in [0, 0.1) is 23.2 Å². The molecule has 0 heterocycles. The molecule has 2 aliphatic rings. The van der Waals surface area contributed by atoms with Crippen LogP contribution >= 0.6 is 12.4 Å². The third-order valence-corrected chi connectivity index (χ3v) is 5.01. The Hall–Kier alpha value is -0.320. The number of methoxy groups -OCH3 is 1. The molecule has 0 aromatic rings. The molecular weight excluding hydrogens is 276 g/mol. The van der Waals surface area contributed by atoms with E-state index in [1.165, 1.54) is 12.8 Å². The van der Waals surface area contributed by atoms with E-state index in [4.69, 9.17) is 10.5 Å². The average molecular weight is 305 g/mol. The molecule has 0 aromatic heterocycles. The smallest absolute Gasteiger partial charge is 0.224 e. The van der Waals surface area contributed by atoms with Crippen molar-refractivity contribution < 1.29 is 9.53 Å². The summed E-state index contributed by atoms with van der Waals surface area (Å²) in [6, 6.07) is 0.0841. The monoisotopic (exact) mass is 304 g/mol. The molecular formula is C15H29ClN2O2. The summed E-state index contributed by atoms with van der Waals surface area (Å²) in [6.45, 7) is 5.76. The van der Waals surface area contributed by atoms with Crippen molar-refractivity contribution in [2.45, 2.75) is 45.6 Å². The highest BCUT2D eigenvalue weighted by Crippen LogP contribution is 2.47. The standard InChI is InChI=1S/C15H28N2O2.ClH/c1-15(2,6-7-19-3)9-17-14(18)12-10-4-5-11(8-10)13(12)16;/h10-13H,4-9,16H2,1-3H3,(H,17,18);1H. The number of rotatable bonds is 6. The molecule has 2 rings (SSSR count). The van der Waals surface area contributed by atoms with Crippen LogP contribution in [0.1, 0.15) is 39.5 Å². The van der Waals surface area contributed by atoms with Gasteiger partial charge in [-0.1, -0.05) is 13.8 Å². The molecule has 0 aliphatic heterocycles. The highest BCUT2D eigenvalue weighted by atomic mass is 35.5. The number of ether oxygens (including phenoxy) is 1. The third kappa shape index (κ3) is 3.86. The largest absolute Gasteiger partial charge is 0.385 e. The van der Waals surface area contributed by atoms with Crippen LogP contribution in [-0.4, -0.2) is 32.2 Å². The van der Waals surface area contributed by atoms with Gasteiger partial charge in [-0.25, -0.2) is 0 Å². The second kappa shape index (κ2) is 7.10. The fourth-order valence-corrected chi connectivity index (χ4v) is 3.64. The van der Waals surface area contributed by atoms with Crippen molar-refractivity contribution in [3.8, 4) is 0 Å². The Balaban J connectivity index is 0.00000200. The van der Waals surface area contributed by atoms with E-state index in [-0.39, 0.29) is 35.7 Å². The number of hydrogen-bond donors (Lipinski definition) is 2. The minimum absolute atomic E-state index is 0. The summed E-state index contributed by atoms with van der Waals surface area (Å²) >= 11 is 0. The Morgan fingerprint density at radius 3 is 2.55 bits per heavy atom. The van der Waals surface area contributed by atoms with Gasteiger partial charge >= 0.3 is 0 Å². The molecule has 4 nitrogen and oxygen atoms in total. The molecule has 0 aromatic carbocycles. The number of hydrogen-bond acceptors (Lipinski definition) is 3. The normalized spacial score (nSPS) is 32.0. The zero-order valence-corrected chi connectivity index (χ0v) is 13.7. The molecule has 3 N–H and O–H groups in total. The SMILES string of the molecule is COCCC(C)(C)CNC(=O)C1C2CCC(C2)C1N.Cl. The number of carbonyl (C=O) groups excluding carboxylic acids is 1. The van der Waals surface area contributed by atoms with Crippen molar-refractivity contribution in [3.63, 3.8) is 0 Å². The maximum absolute atomic E-state index is 12.3. The molecule has 118 valence electrons. The molecule has 0 saturated heterocycles. The van der Waals surface area contributed by atoms with E-state index in [1.807, 2.05) is 0 Å². The number of nitrogens with one attached hydrogen (secondary N) is 1. The number of carbonyl (C=O) groups is 1. The minimum Gasteiger partial charge on any atom is -0.385 e. The first-order valence-corrected chi connectivity index (χ1v) is 7.47. The van der Waals surface area contributed by atoms with Gasteiger partial charge in [0.2, 0.25) is 5.91 Å². The molecule has 2 saturated carbocycles. The third-order valence-electron chi connectivity index (χ3n) is 5.01. The van der Waals surface area contributed by atoms with Gasteiger partial charge in [0.15, 0.2) is 0 Å². The second-order valence-electron chi connectivity index (χ2n) is 7.06. The maximum Gasteiger partial charge on any atom is 0.224 e. The zero-order chi connectivity index (χ0) is 14.0. The fourth-order valence-electron chi connectivity index (χ4n) is 3.64. The highest BCUT2D eigenvalue weighted by Gasteiger charge is 2.49. The van der Waals surface area contributed by atoms with Gasteiger partial charge in [0.05, 0.1) is 5.92 Å². The summed E-state index contributed by atoms with van der Waals surface area (Å²) in [5, 5.41) is 3.11. The Kier molecular flexibility index (Phi) is 6.29. The zero-order valence-electron chi connectivity index (χ0n) is 12.9. The Bertz CT molecular complexity index is 334. The van der Waals surface area contributed by atoms with Crippen LogP contribution in [0.3, 0.4) is 0 Å². The van der Waals surface area contributed by atoms with E-state index in [1.54, 1.807) is 7.11 Å². The maximum atomic E-state index is 12.3. The van der Waals surface area contributed by atoms with Crippen molar-refractivity contribution in [1.29, 1.82) is 0 Å². The molecule has 4 atom stereocenters. The summed E-state index contributed by atoms with van der Waals surface area (Å²) in [4.78, 5) is 12.3. The van der Waals surface area contributed by atoms with E-state index in [9.17, 15) is 4.79 Å². The molecule has 0 radical (unpaired) electrons. The molecule has 1 amide bonds. The average Bonchev–Trinajstić information content (AvgIpc) is 2.94. The van der Waals surface area contributed by atoms with Crippen LogP contribution < -0.4 is 11.1 Å². The highest BCUT2D eigenvalue weighted by molar-refractivity contribution is 5.85. The summed E-state index contributed by atoms with van der Waals surface area (Å²) in [6.07, 6.45) is 4.51. The lowest BCUT2D eigenvalue weighted by atomic mass is 9.83. The molecule has 2 bridgehead atoms. The van der Waals surface area contributed by atoms with E-state index in [0.717, 1.165) is 19.4 Å². The van der Waals surface area contributed by atoms with Crippen molar-refractivity contribution >= 4 is 18.3 Å². The molecule has 2 fully saturated rings. The van der Waals surface area contributed by atoms with Crippen LogP contribution in [0.4, 0.5) is 0 Å². The van der Waals surface area contributed by atoms with E-state index >= 15 is 0 Å². The van der Waals surface area contributed by atoms with E-state index < -0.39 is 0 Å². The lowest BCUT2D eigenvalue weighted by molar-refractivity contribution is -0.127. The van der Waals surface area contributed by atoms with Crippen molar-refractivity contribution in [2.75, 3.05) is 20.3 Å². The molecule has 5 heteroatoms. The van der Waals surface area contributed by atoms with Gasteiger partial charge in [0.25, 0.3) is 0 Å². The van der Waals surface area contributed by atoms with Crippen LogP contribution in [0.2, 0.25) is 0 Å². The Labute approximate surface area is 128 Å². The van der Waals surface area contributed by atoms with Gasteiger partial charge in [-0.05, 0) is 42.9 Å². The van der Waals surface area contributed by atoms with Crippen LogP contribution in [0.15, 0.2) is 0 Å². The number of fused-ring (bicyclic) bond motifs is 2. The Morgan fingerprint density at radius 2 is 2.00 bits per heavy atom. The molecule has 0 spiro atoms. The molecule has 20 heavy (non-hydrogen) atoms. The van der Waals surface area contributed by atoms with Gasteiger partial charge in [0.1, 0.15) is 0 Å². The van der Waals surface area contributed by atoms with E-state index in [0.29, 0.717) is 18.4 Å². The van der Waals surface area contributed by atoms with Gasteiger partial charge in [0, 0.05) is 26.3 Å². The van der Waals surface area contributed by atoms with Gasteiger partial charge in [-0.3, -0.25) is 4.79 Å². The topological polar surface area (TPSA) is 64.3 Å². The van der Waals surface area contributed by atoms with Crippen LogP contribution in [0.5, 0.6) is 0 Å². The van der Waals surface area contributed by atoms with Crippen molar-refractivity contribution in [2.24, 2.45) is 28.9 Å². The number of amides is 1. The summed E-state index contributed by atoms with van der Waals surface area (Å²) in [5.74, 6) is 1.34. The van der Waals surface area contributed by atoms with Gasteiger partial charge in [-0.2, -0.15) is 0 Å². The molecule has 2 aliphatic carbocycles. The second-order valence-corrected chi connectivity index (χ2v) is 7.06. The van der Waals surface area contributed by atoms with Crippen molar-refractivity contribution in [3.05, 3.63) is 0 Å². The van der Waals surface area contributed by atoms with Gasteiger partial charge < -0.3 is 15.8 Å². The summed E-state index contributed by atoms with van der Waals surface area (Å²) in [7, 11) is 1.71. The van der Waals surface area contributed by atoms with Crippen molar-refractivity contribution in [1.82, 2.24) is 5.32 Å². The lowest BCUT2D eigenvalue weighted by Crippen LogP contribution is -2.47. The lowest BCUT2D eigenvalue weighted by Gasteiger charge is -2.30. The van der Waals surface area contributed by atoms with Crippen LogP contribution in [-0.2, 0) is 9.53 Å². The first kappa shape index (κ1) is 17.7. The van der Waals surface area contributed by atoms with E-state index in [2.05, 4.69) is 19.2 Å². The first-order chi connectivity index (χ1) is 8.94. The molecule has 4 unspecified atom stereocenters. The predicted molar refractivity (Wildman–Crippen MR) is 82.8 cm³/mol. The fraction of sp³-hybridized carbons (Fsp3) is 0.933. The number of halogens is 1. The van der Waals surface area contributed by atoms with Gasteiger partial charge in [-0.15, -0.1) is 12.4 Å². The summed E-state index contributed by atoms with van der Waals surface area (Å²) < 4.78 is 5.11.